The molecule has 0 aliphatic carbocycles. The number of allylic oxidation sites excluding steroid dienone is 2. The third kappa shape index (κ3) is 20.6. The van der Waals surface area contributed by atoms with E-state index in [1.54, 1.807) is 7.05 Å². The summed E-state index contributed by atoms with van der Waals surface area (Å²) in [6.07, 6.45) is 21.1. The first-order valence-corrected chi connectivity index (χ1v) is 10.2. The van der Waals surface area contributed by atoms with Crippen LogP contribution in [0.25, 0.3) is 0 Å². The van der Waals surface area contributed by atoms with E-state index in [0.29, 0.717) is 6.42 Å². The first-order chi connectivity index (χ1) is 12.1. The molecule has 5 heteroatoms. The Hall–Kier alpha value is 0.316. The molecule has 0 bridgehead atoms. The quantitative estimate of drug-likeness (QED) is 0.235. The maximum absolute atomic E-state index is 11.7. The average Bonchev–Trinajstić information content (AvgIpc) is 2.57. The molecule has 0 aliphatic heterocycles. The Morgan fingerprint density at radius 2 is 1.31 bits per heavy atom. The van der Waals surface area contributed by atoms with Crippen LogP contribution in [0.1, 0.15) is 98.2 Å². The number of unbranched alkanes of at least 4 members (excludes halogenated alkanes) is 11. The summed E-state index contributed by atoms with van der Waals surface area (Å²) in [4.78, 5) is 23.5. The minimum absolute atomic E-state index is 0. The van der Waals surface area contributed by atoms with Crippen LogP contribution in [0.4, 0.5) is 0 Å². The Balaban J connectivity index is -0.00000288. The maximum Gasteiger partial charge on any atom is 1.00 e. The Kier molecular flexibility index (Phi) is 23.7. The number of nitrogens with zero attached hydrogens (tertiary/aromatic N) is 1. The molecule has 4 nitrogen and oxygen atoms in total. The molecule has 0 unspecified atom stereocenters. The maximum atomic E-state index is 11.7. The number of carboxylic acids is 1. The number of carbonyl (C=O) groups is 2. The summed E-state index contributed by atoms with van der Waals surface area (Å²) in [5, 5.41) is 8.64. The fourth-order valence-electron chi connectivity index (χ4n) is 2.83. The number of likely N-dealkylation sites (N-methyl/N-ethyl adjacent to an activating group) is 1. The standard InChI is InChI=1S/C21H39NO3.K.H/c1-3-4-5-6-7-8-9-10-11-12-13-14-15-16-17-18-20(23)22(2)19-21(24)25;;/h8-9H,3-7,10-19H2,1-2H3,(H,24,25);;/q;+1;-1/b9-8-;;. The fraction of sp³-hybridized carbons (Fsp3) is 0.810. The van der Waals surface area contributed by atoms with Crippen LogP contribution >= 0.6 is 0 Å². The summed E-state index contributed by atoms with van der Waals surface area (Å²) in [5.74, 6) is -1.02. The predicted molar refractivity (Wildman–Crippen MR) is 106 cm³/mol. The van der Waals surface area contributed by atoms with E-state index in [-0.39, 0.29) is 65.3 Å². The second-order valence-electron chi connectivity index (χ2n) is 6.98. The molecule has 0 heterocycles. The molecule has 0 aliphatic rings. The molecule has 0 saturated heterocycles. The van der Waals surface area contributed by atoms with Gasteiger partial charge in [0.2, 0.25) is 5.91 Å². The van der Waals surface area contributed by atoms with E-state index in [1.807, 2.05) is 0 Å². The number of hydrogen-bond donors (Lipinski definition) is 1. The summed E-state index contributed by atoms with van der Waals surface area (Å²) in [7, 11) is 1.55. The van der Waals surface area contributed by atoms with Crippen molar-refractivity contribution in [1.82, 2.24) is 4.90 Å². The molecule has 0 rings (SSSR count). The molecule has 0 atom stereocenters. The van der Waals surface area contributed by atoms with Gasteiger partial charge in [0.25, 0.3) is 0 Å². The third-order valence-corrected chi connectivity index (χ3v) is 4.45. The fourth-order valence-corrected chi connectivity index (χ4v) is 2.83. The molecular formula is C21H40KNO3. The number of hydrogen-bond acceptors (Lipinski definition) is 2. The summed E-state index contributed by atoms with van der Waals surface area (Å²) < 4.78 is 0. The Morgan fingerprint density at radius 1 is 0.846 bits per heavy atom. The van der Waals surface area contributed by atoms with Crippen molar-refractivity contribution in [2.24, 2.45) is 0 Å². The Bertz CT molecular complexity index is 378. The van der Waals surface area contributed by atoms with Gasteiger partial charge >= 0.3 is 57.4 Å². The summed E-state index contributed by atoms with van der Waals surface area (Å²) in [6.45, 7) is 2.04. The van der Waals surface area contributed by atoms with Gasteiger partial charge in [-0.3, -0.25) is 9.59 Å². The van der Waals surface area contributed by atoms with Crippen LogP contribution in [0.5, 0.6) is 0 Å². The average molecular weight is 394 g/mol. The van der Waals surface area contributed by atoms with Crippen molar-refractivity contribution in [1.29, 1.82) is 0 Å². The topological polar surface area (TPSA) is 57.6 Å². The minimum Gasteiger partial charge on any atom is -1.00 e. The Labute approximate surface area is 205 Å². The predicted octanol–water partition coefficient (Wildman–Crippen LogP) is 2.68. The minimum atomic E-state index is -0.956. The van der Waals surface area contributed by atoms with E-state index < -0.39 is 5.97 Å². The number of carboxylic acid groups (broad SMARTS) is 1. The van der Waals surface area contributed by atoms with Crippen LogP contribution in [0, 0.1) is 0 Å². The molecule has 0 saturated carbocycles. The Morgan fingerprint density at radius 3 is 1.81 bits per heavy atom. The van der Waals surface area contributed by atoms with Crippen LogP contribution in [-0.2, 0) is 9.59 Å². The van der Waals surface area contributed by atoms with Crippen molar-refractivity contribution in [2.45, 2.75) is 96.8 Å². The van der Waals surface area contributed by atoms with Crippen molar-refractivity contribution in [2.75, 3.05) is 13.6 Å². The number of rotatable bonds is 17. The molecule has 0 radical (unpaired) electrons. The molecule has 1 amide bonds. The molecule has 0 aromatic rings. The second-order valence-corrected chi connectivity index (χ2v) is 6.98. The summed E-state index contributed by atoms with van der Waals surface area (Å²) >= 11 is 0. The van der Waals surface area contributed by atoms with Crippen LogP contribution in [0.2, 0.25) is 0 Å². The van der Waals surface area contributed by atoms with Crippen molar-refractivity contribution >= 4 is 11.9 Å². The van der Waals surface area contributed by atoms with Gasteiger partial charge in [-0.15, -0.1) is 0 Å². The number of amides is 1. The van der Waals surface area contributed by atoms with Crippen molar-refractivity contribution in [3.63, 3.8) is 0 Å². The first-order valence-electron chi connectivity index (χ1n) is 10.2. The SMILES string of the molecule is CCCCCC/C=C\CCCCCCCCCC(=O)N(C)CC(=O)O.[H-].[K+]. The van der Waals surface area contributed by atoms with Gasteiger partial charge < -0.3 is 11.4 Å². The largest absolute Gasteiger partial charge is 1.00 e. The number of aliphatic carboxylic acids is 1. The zero-order valence-electron chi connectivity index (χ0n) is 18.5. The van der Waals surface area contributed by atoms with Gasteiger partial charge in [0.15, 0.2) is 0 Å². The van der Waals surface area contributed by atoms with Crippen LogP contribution in [0.3, 0.4) is 0 Å². The van der Waals surface area contributed by atoms with Gasteiger partial charge in [0, 0.05) is 13.5 Å². The summed E-state index contributed by atoms with van der Waals surface area (Å²) in [5.41, 5.74) is 0. The molecule has 0 aromatic heterocycles. The van der Waals surface area contributed by atoms with E-state index in [1.165, 1.54) is 75.5 Å². The van der Waals surface area contributed by atoms with Gasteiger partial charge in [-0.2, -0.15) is 0 Å². The molecule has 0 aromatic carbocycles. The van der Waals surface area contributed by atoms with Crippen LogP contribution in [0.15, 0.2) is 12.2 Å². The molecule has 1 N–H and O–H groups in total. The van der Waals surface area contributed by atoms with Crippen LogP contribution < -0.4 is 51.4 Å². The first kappa shape index (κ1) is 28.5. The van der Waals surface area contributed by atoms with E-state index >= 15 is 0 Å². The summed E-state index contributed by atoms with van der Waals surface area (Å²) in [6, 6.07) is 0. The van der Waals surface area contributed by atoms with Crippen molar-refractivity contribution in [3.05, 3.63) is 12.2 Å². The number of carbonyl (C=O) groups excluding carboxylic acids is 1. The second kappa shape index (κ2) is 21.6. The molecule has 148 valence electrons. The van der Waals surface area contributed by atoms with E-state index in [4.69, 9.17) is 5.11 Å². The van der Waals surface area contributed by atoms with Gasteiger partial charge in [-0.05, 0) is 32.1 Å². The molecule has 26 heavy (non-hydrogen) atoms. The van der Waals surface area contributed by atoms with Crippen molar-refractivity contribution in [3.8, 4) is 0 Å². The molecular weight excluding hydrogens is 353 g/mol. The van der Waals surface area contributed by atoms with Gasteiger partial charge in [-0.25, -0.2) is 0 Å². The normalized spacial score (nSPS) is 10.7. The van der Waals surface area contributed by atoms with Crippen LogP contribution in [-0.4, -0.2) is 35.5 Å². The van der Waals surface area contributed by atoms with Gasteiger partial charge in [-0.1, -0.05) is 70.4 Å². The van der Waals surface area contributed by atoms with E-state index in [0.717, 1.165) is 12.8 Å². The zero-order chi connectivity index (χ0) is 18.8. The smallest absolute Gasteiger partial charge is 1.00 e. The molecule has 0 spiro atoms. The van der Waals surface area contributed by atoms with E-state index in [2.05, 4.69) is 19.1 Å². The zero-order valence-corrected chi connectivity index (χ0v) is 20.6. The monoisotopic (exact) mass is 393 g/mol. The van der Waals surface area contributed by atoms with E-state index in [9.17, 15) is 9.59 Å². The molecule has 0 fully saturated rings. The van der Waals surface area contributed by atoms with Gasteiger partial charge in [0.05, 0.1) is 0 Å². The third-order valence-electron chi connectivity index (χ3n) is 4.45. The van der Waals surface area contributed by atoms with Gasteiger partial charge in [0.1, 0.15) is 6.54 Å². The van der Waals surface area contributed by atoms with Crippen molar-refractivity contribution < 1.29 is 67.5 Å².